The summed E-state index contributed by atoms with van der Waals surface area (Å²) in [7, 11) is 0.120. The molecule has 0 rings (SSSR count). The zero-order valence-corrected chi connectivity index (χ0v) is 11.3. The van der Waals surface area contributed by atoms with E-state index >= 15 is 0 Å². The van der Waals surface area contributed by atoms with E-state index in [0.29, 0.717) is 0 Å². The Morgan fingerprint density at radius 1 is 0.833 bits per heavy atom. The van der Waals surface area contributed by atoms with Crippen molar-refractivity contribution < 1.29 is 18.9 Å². The minimum Gasteiger partial charge on any atom is -0.358 e. The van der Waals surface area contributed by atoms with Crippen LogP contribution in [0.15, 0.2) is 0 Å². The Hall–Kier alpha value is 0.814. The molecule has 0 aliphatic carbocycles. The molecular weight excluding hydrogens is 155 g/mol. The summed E-state index contributed by atoms with van der Waals surface area (Å²) in [6.07, 6.45) is 5.54. The van der Waals surface area contributed by atoms with Crippen molar-refractivity contribution in [3.63, 3.8) is 0 Å². The number of unbranched alkanes of at least 4 members (excludes halogenated alkanes) is 3. The molecule has 0 saturated carbocycles. The van der Waals surface area contributed by atoms with Crippen LogP contribution in [0.3, 0.4) is 0 Å². The summed E-state index contributed by atoms with van der Waals surface area (Å²) in [5, 5.41) is 0. The molecule has 0 nitrogen and oxygen atoms in total. The van der Waals surface area contributed by atoms with E-state index < -0.39 is 0 Å². The molecule has 0 aliphatic heterocycles. The summed E-state index contributed by atoms with van der Waals surface area (Å²) in [6, 6.07) is 0. The van der Waals surface area contributed by atoms with Crippen LogP contribution in [0.4, 0.5) is 0 Å². The first kappa shape index (κ1) is 23.0. The van der Waals surface area contributed by atoms with Crippen LogP contribution >= 0.6 is 0 Å². The fourth-order valence-corrected chi connectivity index (χ4v) is 0.500. The molecule has 0 bridgehead atoms. The largest absolute Gasteiger partial charge is 1.00 e. The maximum Gasteiger partial charge on any atom is 1.00 e. The van der Waals surface area contributed by atoms with Crippen LogP contribution in [-0.2, 0) is 0 Å². The number of hydrogen-bond acceptors (Lipinski definition) is 0. The molecule has 0 unspecified atom stereocenters. The fourth-order valence-electron chi connectivity index (χ4n) is 0.500. The Morgan fingerprint density at radius 3 is 1.08 bits per heavy atom. The Balaban J connectivity index is -0.0000000483. The first-order valence-electron chi connectivity index (χ1n) is 4.41. The molecule has 0 aliphatic rings. The first-order valence-corrected chi connectivity index (χ1v) is 7.41. The van der Waals surface area contributed by atoms with Crippen molar-refractivity contribution in [3.05, 3.63) is 7.43 Å². The summed E-state index contributed by atoms with van der Waals surface area (Å²) in [5.74, 6) is 0. The van der Waals surface area contributed by atoms with Gasteiger partial charge in [-0.05, 0) is 0 Å². The van der Waals surface area contributed by atoms with Gasteiger partial charge in [-0.15, -0.1) is 0 Å². The van der Waals surface area contributed by atoms with E-state index in [4.69, 9.17) is 0 Å². The average molecular weight is 181 g/mol. The minimum atomic E-state index is 0. The third-order valence-corrected chi connectivity index (χ3v) is 0.957. The molecule has 0 saturated heterocycles. The number of rotatable bonds is 3. The molecule has 0 fully saturated rings. The monoisotopic (exact) mass is 181 g/mol. The third-order valence-electron chi connectivity index (χ3n) is 0.957. The predicted octanol–water partition coefficient (Wildman–Crippen LogP) is 1.41. The van der Waals surface area contributed by atoms with Gasteiger partial charge in [-0.2, -0.15) is 0 Å². The normalized spacial score (nSPS) is 7.50. The van der Waals surface area contributed by atoms with E-state index in [1.54, 1.807) is 0 Å². The van der Waals surface area contributed by atoms with Gasteiger partial charge >= 0.3 is 18.9 Å². The first-order chi connectivity index (χ1) is 4.65. The Bertz CT molecular complexity index is 40.3. The molecule has 0 aromatic heterocycles. The van der Waals surface area contributed by atoms with E-state index in [1.807, 2.05) is 0 Å². The van der Waals surface area contributed by atoms with Gasteiger partial charge in [0.15, 0.2) is 0 Å². The zero-order valence-electron chi connectivity index (χ0n) is 10.3. The van der Waals surface area contributed by atoms with Crippen LogP contribution in [0.2, 0.25) is 19.6 Å². The molecule has 0 N–H and O–H groups in total. The second kappa shape index (κ2) is 22.6. The van der Waals surface area contributed by atoms with Crippen LogP contribution < -0.4 is 18.9 Å². The zero-order chi connectivity index (χ0) is 8.41. The molecule has 0 atom stereocenters. The van der Waals surface area contributed by atoms with E-state index in [9.17, 15) is 0 Å². The van der Waals surface area contributed by atoms with Crippen molar-refractivity contribution in [3.8, 4) is 0 Å². The molecule has 2 heteroatoms. The van der Waals surface area contributed by atoms with E-state index in [-0.39, 0.29) is 35.1 Å². The second-order valence-corrected chi connectivity index (χ2v) is 6.21. The topological polar surface area (TPSA) is 0 Å². The summed E-state index contributed by atoms with van der Waals surface area (Å²) in [5.41, 5.74) is 0. The van der Waals surface area contributed by atoms with Crippen LogP contribution in [0.25, 0.3) is 0 Å². The van der Waals surface area contributed by atoms with Gasteiger partial charge in [-0.1, -0.05) is 59.2 Å². The molecule has 71 valence electrons. The fraction of sp³-hybridized carbons (Fsp3) is 0.900. The molecule has 12 heavy (non-hydrogen) atoms. The average Bonchev–Trinajstić information content (AvgIpc) is 1.82. The van der Waals surface area contributed by atoms with Gasteiger partial charge in [-0.3, -0.25) is 0 Å². The van der Waals surface area contributed by atoms with Gasteiger partial charge in [0.1, 0.15) is 0 Å². The van der Waals surface area contributed by atoms with Crippen molar-refractivity contribution in [2.24, 2.45) is 0 Å². The van der Waals surface area contributed by atoms with Crippen LogP contribution in [-0.4, -0.2) is 8.80 Å². The van der Waals surface area contributed by atoms with Crippen molar-refractivity contribution >= 4 is 8.80 Å². The van der Waals surface area contributed by atoms with Gasteiger partial charge in [0.25, 0.3) is 0 Å². The van der Waals surface area contributed by atoms with Crippen molar-refractivity contribution in [1.29, 1.82) is 0 Å². The van der Waals surface area contributed by atoms with Crippen LogP contribution in [0, 0.1) is 7.43 Å². The molecule has 1 radical (unpaired) electrons. The van der Waals surface area contributed by atoms with Gasteiger partial charge in [0.05, 0.1) is 0 Å². The van der Waals surface area contributed by atoms with E-state index in [0.717, 1.165) is 0 Å². The second-order valence-electron chi connectivity index (χ2n) is 3.21. The molecular formula is C10H26LiSi. The minimum absolute atomic E-state index is 0. The third kappa shape index (κ3) is 71.6. The van der Waals surface area contributed by atoms with Gasteiger partial charge < -0.3 is 7.43 Å². The SMILES string of the molecule is CCCCCC.C[Si](C)C.[CH3-].[Li+]. The molecule has 0 aromatic rings. The van der Waals surface area contributed by atoms with Gasteiger partial charge in [0, 0.05) is 8.80 Å². The standard InChI is InChI=1S/C6H14.C3H9Si.CH3.Li/c1-3-5-6-4-2;1-4(2)3;;/h3-6H2,1-2H3;1-3H3;1H3;/q;;-1;+1. The van der Waals surface area contributed by atoms with Gasteiger partial charge in [-0.25, -0.2) is 0 Å². The summed E-state index contributed by atoms with van der Waals surface area (Å²) in [6.45, 7) is 11.3. The smallest absolute Gasteiger partial charge is 0.358 e. The van der Waals surface area contributed by atoms with E-state index in [2.05, 4.69) is 33.5 Å². The van der Waals surface area contributed by atoms with E-state index in [1.165, 1.54) is 25.7 Å². The van der Waals surface area contributed by atoms with Crippen LogP contribution in [0.5, 0.6) is 0 Å². The summed E-state index contributed by atoms with van der Waals surface area (Å²) >= 11 is 0. The van der Waals surface area contributed by atoms with Crippen molar-refractivity contribution in [2.75, 3.05) is 0 Å². The molecule has 0 spiro atoms. The number of hydrogen-bond donors (Lipinski definition) is 0. The summed E-state index contributed by atoms with van der Waals surface area (Å²) in [4.78, 5) is 0. The maximum atomic E-state index is 2.27. The Labute approximate surface area is 94.3 Å². The van der Waals surface area contributed by atoms with Gasteiger partial charge in [0.2, 0.25) is 0 Å². The van der Waals surface area contributed by atoms with Crippen molar-refractivity contribution in [2.45, 2.75) is 59.2 Å². The Morgan fingerprint density at radius 2 is 1.00 bits per heavy atom. The maximum absolute atomic E-state index is 2.27. The molecule has 0 amide bonds. The molecule has 0 heterocycles. The quantitative estimate of drug-likeness (QED) is 0.351. The Kier molecular flexibility index (Phi) is 43.4. The molecule has 0 aromatic carbocycles. The predicted molar refractivity (Wildman–Crippen MR) is 59.6 cm³/mol. The van der Waals surface area contributed by atoms with Crippen molar-refractivity contribution in [1.82, 2.24) is 0 Å². The summed E-state index contributed by atoms with van der Waals surface area (Å²) < 4.78 is 0. The van der Waals surface area contributed by atoms with Crippen LogP contribution in [0.1, 0.15) is 39.5 Å².